The molecule has 0 bridgehead atoms. The number of para-hydroxylation sites is 3. The van der Waals surface area contributed by atoms with Gasteiger partial charge < -0.3 is 15.0 Å². The first-order valence-electron chi connectivity index (χ1n) is 14.1. The molecule has 5 aromatic rings. The minimum atomic E-state index is -0.928. The molecule has 0 spiro atoms. The lowest BCUT2D eigenvalue weighted by Crippen LogP contribution is -2.34. The van der Waals surface area contributed by atoms with E-state index >= 15 is 0 Å². The molecule has 0 saturated carbocycles. The lowest BCUT2D eigenvalue weighted by molar-refractivity contribution is 0.0696. The summed E-state index contributed by atoms with van der Waals surface area (Å²) in [5.74, 6) is 1.53. The van der Waals surface area contributed by atoms with Gasteiger partial charge in [0.05, 0.1) is 28.8 Å². The summed E-state index contributed by atoms with van der Waals surface area (Å²) in [5.41, 5.74) is 7.50. The maximum absolute atomic E-state index is 11.6. The molecule has 0 unspecified atom stereocenters. The Bertz CT molecular complexity index is 1700. The summed E-state index contributed by atoms with van der Waals surface area (Å²) in [4.78, 5) is 29.6. The topological polar surface area (TPSA) is 84.8 Å². The van der Waals surface area contributed by atoms with E-state index in [-0.39, 0.29) is 5.56 Å². The van der Waals surface area contributed by atoms with Crippen molar-refractivity contribution in [2.45, 2.75) is 31.8 Å². The van der Waals surface area contributed by atoms with Gasteiger partial charge in [0.1, 0.15) is 11.7 Å². The number of fused-ring (bicyclic) bond motifs is 2. The summed E-state index contributed by atoms with van der Waals surface area (Å²) in [7, 11) is 0. The molecule has 0 aliphatic carbocycles. The number of piperidine rings is 1. The summed E-state index contributed by atoms with van der Waals surface area (Å²) in [6, 6.07) is 32.3. The zero-order chi connectivity index (χ0) is 27.8. The molecule has 7 heteroatoms. The number of carbonyl (C=O) groups is 1. The number of carboxylic acids is 1. The number of amidine groups is 1. The monoisotopic (exact) mass is 541 g/mol. The number of aromatic carboxylic acids is 1. The quantitative estimate of drug-likeness (QED) is 0.249. The van der Waals surface area contributed by atoms with Crippen LogP contribution in [0.3, 0.4) is 0 Å². The van der Waals surface area contributed by atoms with Crippen LogP contribution in [0.25, 0.3) is 11.0 Å². The lowest BCUT2D eigenvalue weighted by Gasteiger charge is -2.32. The zero-order valence-corrected chi connectivity index (χ0v) is 22.7. The van der Waals surface area contributed by atoms with Gasteiger partial charge in [-0.2, -0.15) is 0 Å². The average molecular weight is 542 g/mol. The Morgan fingerprint density at radius 3 is 2.41 bits per heavy atom. The van der Waals surface area contributed by atoms with Gasteiger partial charge in [-0.15, -0.1) is 0 Å². The van der Waals surface area contributed by atoms with Gasteiger partial charge in [-0.25, -0.2) is 14.8 Å². The van der Waals surface area contributed by atoms with Crippen molar-refractivity contribution in [2.75, 3.05) is 18.0 Å². The highest BCUT2D eigenvalue weighted by atomic mass is 16.4. The smallest absolute Gasteiger partial charge is 0.335 e. The fraction of sp³-hybridized carbons (Fsp3) is 0.206. The molecule has 7 rings (SSSR count). The van der Waals surface area contributed by atoms with E-state index < -0.39 is 5.97 Å². The highest BCUT2D eigenvalue weighted by Crippen LogP contribution is 2.33. The van der Waals surface area contributed by atoms with Crippen molar-refractivity contribution < 1.29 is 9.90 Å². The average Bonchev–Trinajstić information content (AvgIpc) is 3.46. The second kappa shape index (κ2) is 10.7. The van der Waals surface area contributed by atoms with Crippen LogP contribution in [0.15, 0.2) is 102 Å². The van der Waals surface area contributed by atoms with Gasteiger partial charge in [-0.1, -0.05) is 54.6 Å². The summed E-state index contributed by atoms with van der Waals surface area (Å²) >= 11 is 0. The molecular weight excluding hydrogens is 510 g/mol. The Labute approximate surface area is 238 Å². The maximum atomic E-state index is 11.6. The van der Waals surface area contributed by atoms with Crippen molar-refractivity contribution in [3.63, 3.8) is 0 Å². The summed E-state index contributed by atoms with van der Waals surface area (Å²) in [6.07, 6.45) is 2.20. The van der Waals surface area contributed by atoms with Crippen LogP contribution in [0.4, 0.5) is 11.4 Å². The molecular formula is C34H31N5O2. The minimum Gasteiger partial charge on any atom is -0.478 e. The fourth-order valence-corrected chi connectivity index (χ4v) is 5.96. The molecule has 41 heavy (non-hydrogen) atoms. The van der Waals surface area contributed by atoms with Crippen LogP contribution in [-0.4, -0.2) is 44.9 Å². The molecule has 0 amide bonds. The molecule has 1 fully saturated rings. The fourth-order valence-electron chi connectivity index (χ4n) is 5.96. The first kappa shape index (κ1) is 25.2. The maximum Gasteiger partial charge on any atom is 0.335 e. The number of benzene rings is 4. The van der Waals surface area contributed by atoms with E-state index in [9.17, 15) is 9.90 Å². The van der Waals surface area contributed by atoms with Crippen LogP contribution in [0.5, 0.6) is 0 Å². The zero-order valence-electron chi connectivity index (χ0n) is 22.7. The normalized spacial score (nSPS) is 16.0. The summed E-state index contributed by atoms with van der Waals surface area (Å²) in [6.45, 7) is 3.57. The van der Waals surface area contributed by atoms with Crippen molar-refractivity contribution >= 4 is 34.2 Å². The number of aromatic nitrogens is 2. The van der Waals surface area contributed by atoms with Crippen molar-refractivity contribution in [1.29, 1.82) is 0 Å². The largest absolute Gasteiger partial charge is 0.478 e. The van der Waals surface area contributed by atoms with Crippen LogP contribution in [0, 0.1) is 0 Å². The number of hydrogen-bond donors (Lipinski definition) is 2. The second-order valence-electron chi connectivity index (χ2n) is 10.9. The third kappa shape index (κ3) is 5.12. The second-order valence-corrected chi connectivity index (χ2v) is 10.9. The van der Waals surface area contributed by atoms with Crippen molar-refractivity contribution in [3.05, 3.63) is 125 Å². The van der Waals surface area contributed by atoms with Gasteiger partial charge in [0.2, 0.25) is 0 Å². The van der Waals surface area contributed by atoms with E-state index in [1.807, 2.05) is 36.4 Å². The highest BCUT2D eigenvalue weighted by Gasteiger charge is 2.25. The Hall–Kier alpha value is -4.75. The Morgan fingerprint density at radius 1 is 0.902 bits per heavy atom. The third-order valence-corrected chi connectivity index (χ3v) is 8.21. The molecule has 2 aliphatic heterocycles. The van der Waals surface area contributed by atoms with E-state index in [4.69, 9.17) is 9.98 Å². The van der Waals surface area contributed by atoms with Gasteiger partial charge in [0.15, 0.2) is 0 Å². The van der Waals surface area contributed by atoms with Crippen molar-refractivity contribution in [1.82, 2.24) is 14.9 Å². The number of imidazole rings is 1. The number of likely N-dealkylation sites (tertiary alicyclic amines) is 1. The van der Waals surface area contributed by atoms with Gasteiger partial charge in [-0.3, -0.25) is 4.90 Å². The van der Waals surface area contributed by atoms with Crippen LogP contribution >= 0.6 is 0 Å². The number of aliphatic imine (C=N–C) groups is 1. The molecule has 1 aromatic heterocycles. The van der Waals surface area contributed by atoms with Crippen LogP contribution in [0.1, 0.15) is 51.6 Å². The number of aromatic amines is 1. The summed E-state index contributed by atoms with van der Waals surface area (Å²) in [5, 5.41) is 9.48. The molecule has 0 atom stereocenters. The summed E-state index contributed by atoms with van der Waals surface area (Å²) < 4.78 is 0. The van der Waals surface area contributed by atoms with Gasteiger partial charge in [0, 0.05) is 23.7 Å². The number of H-pyrrole nitrogens is 1. The van der Waals surface area contributed by atoms with E-state index in [1.54, 1.807) is 12.1 Å². The van der Waals surface area contributed by atoms with Crippen molar-refractivity contribution in [3.8, 4) is 0 Å². The molecule has 2 N–H and O–H groups in total. The van der Waals surface area contributed by atoms with Gasteiger partial charge >= 0.3 is 5.97 Å². The number of anilines is 1. The van der Waals surface area contributed by atoms with E-state index in [2.05, 4.69) is 63.3 Å². The minimum absolute atomic E-state index is 0.279. The van der Waals surface area contributed by atoms with Gasteiger partial charge in [-0.05, 0) is 79.5 Å². The predicted octanol–water partition coefficient (Wildman–Crippen LogP) is 6.74. The number of carboxylic acid groups (broad SMARTS) is 1. The number of hydrogen-bond acceptors (Lipinski definition) is 5. The molecule has 0 radical (unpaired) electrons. The first-order chi connectivity index (χ1) is 20.1. The van der Waals surface area contributed by atoms with E-state index in [0.29, 0.717) is 12.5 Å². The molecule has 4 aromatic carbocycles. The van der Waals surface area contributed by atoms with Crippen molar-refractivity contribution in [2.24, 2.45) is 4.99 Å². The highest BCUT2D eigenvalue weighted by molar-refractivity contribution is 6.12. The van der Waals surface area contributed by atoms with Gasteiger partial charge in [0.25, 0.3) is 0 Å². The molecule has 1 saturated heterocycles. The van der Waals surface area contributed by atoms with Crippen LogP contribution < -0.4 is 4.90 Å². The van der Waals surface area contributed by atoms with E-state index in [0.717, 1.165) is 77.7 Å². The number of rotatable bonds is 6. The standard InChI is InChI=1S/C34H31N5O2/c40-34(41)26-14-15-29-27(20-26)22-39(28-6-2-1-3-7-28)33(37-29)25-12-10-23(11-13-25)21-38-18-16-24(17-19-38)32-35-30-8-4-5-9-31(30)36-32/h1-15,20,24H,16-19,21-22H2,(H,35,36)(H,40,41). The third-order valence-electron chi connectivity index (χ3n) is 8.21. The molecule has 204 valence electrons. The number of nitrogens with one attached hydrogen (secondary N) is 1. The Morgan fingerprint density at radius 2 is 1.66 bits per heavy atom. The molecule has 7 nitrogen and oxygen atoms in total. The lowest BCUT2D eigenvalue weighted by atomic mass is 9.95. The Kier molecular flexibility index (Phi) is 6.57. The molecule has 2 aliphatic rings. The number of nitrogens with zero attached hydrogens (tertiary/aromatic N) is 4. The Balaban J connectivity index is 1.07. The predicted molar refractivity (Wildman–Crippen MR) is 162 cm³/mol. The van der Waals surface area contributed by atoms with Crippen LogP contribution in [0.2, 0.25) is 0 Å². The SMILES string of the molecule is O=C(O)c1ccc2c(c1)CN(c1ccccc1)C(c1ccc(CN3CCC(c4nc5ccccc5[nH]4)CC3)cc1)=N2. The van der Waals surface area contributed by atoms with E-state index in [1.165, 1.54) is 5.56 Å². The van der Waals surface area contributed by atoms with Crippen LogP contribution in [-0.2, 0) is 13.1 Å². The molecule has 3 heterocycles. The first-order valence-corrected chi connectivity index (χ1v) is 14.1.